The molecule has 122 valence electrons. The number of amides is 2. The largest absolute Gasteiger partial charge is 0.394 e. The molecule has 22 heavy (non-hydrogen) atoms. The molecule has 1 saturated heterocycles. The lowest BCUT2D eigenvalue weighted by Gasteiger charge is -2.32. The van der Waals surface area contributed by atoms with Crippen molar-refractivity contribution in [3.63, 3.8) is 0 Å². The van der Waals surface area contributed by atoms with Gasteiger partial charge in [-0.2, -0.15) is 0 Å². The summed E-state index contributed by atoms with van der Waals surface area (Å²) in [6.45, 7) is 4.56. The Morgan fingerprint density at radius 1 is 1.36 bits per heavy atom. The van der Waals surface area contributed by atoms with Crippen molar-refractivity contribution in [3.05, 3.63) is 34.9 Å². The number of likely N-dealkylation sites (tertiary alicyclic amines) is 1. The molecule has 0 aliphatic carbocycles. The van der Waals surface area contributed by atoms with Crippen molar-refractivity contribution >= 4 is 17.6 Å². The summed E-state index contributed by atoms with van der Waals surface area (Å²) in [7, 11) is 0. The summed E-state index contributed by atoms with van der Waals surface area (Å²) >= 11 is 5.89. The van der Waals surface area contributed by atoms with Crippen LogP contribution in [-0.4, -0.2) is 47.8 Å². The maximum absolute atomic E-state index is 11.7. The second-order valence-electron chi connectivity index (χ2n) is 5.88. The molecule has 0 unspecified atom stereocenters. The van der Waals surface area contributed by atoms with Crippen molar-refractivity contribution < 1.29 is 9.90 Å². The normalized spacial score (nSPS) is 18.0. The Bertz CT molecular complexity index is 473. The molecule has 0 aromatic heterocycles. The van der Waals surface area contributed by atoms with Crippen LogP contribution in [0, 0.1) is 0 Å². The van der Waals surface area contributed by atoms with Crippen LogP contribution < -0.4 is 10.6 Å². The maximum Gasteiger partial charge on any atom is 0.315 e. The maximum atomic E-state index is 11.7. The van der Waals surface area contributed by atoms with Crippen LogP contribution in [0.4, 0.5) is 4.79 Å². The van der Waals surface area contributed by atoms with Gasteiger partial charge in [0.05, 0.1) is 12.6 Å². The Morgan fingerprint density at radius 3 is 2.59 bits per heavy atom. The molecule has 0 bridgehead atoms. The van der Waals surface area contributed by atoms with E-state index in [1.165, 1.54) is 5.56 Å². The predicted molar refractivity (Wildman–Crippen MR) is 88.0 cm³/mol. The highest BCUT2D eigenvalue weighted by molar-refractivity contribution is 6.30. The fraction of sp³-hybridized carbons (Fsp3) is 0.562. The third-order valence-corrected chi connectivity index (χ3v) is 4.15. The molecular formula is C16H24ClN3O2. The smallest absolute Gasteiger partial charge is 0.315 e. The number of nitrogens with zero attached hydrogens (tertiary/aromatic N) is 1. The zero-order chi connectivity index (χ0) is 15.9. The first-order valence-corrected chi connectivity index (χ1v) is 8.09. The van der Waals surface area contributed by atoms with Gasteiger partial charge in [-0.3, -0.25) is 4.90 Å². The van der Waals surface area contributed by atoms with E-state index >= 15 is 0 Å². The standard InChI is InChI=1S/C16H24ClN3O2/c1-12(11-21)18-16(22)19-15-6-8-20(9-7-15)10-13-2-4-14(17)5-3-13/h2-5,12,15,21H,6-11H2,1H3,(H2,18,19,22)/t12-/m0/s1. The van der Waals surface area contributed by atoms with E-state index < -0.39 is 0 Å². The van der Waals surface area contributed by atoms with E-state index in [9.17, 15) is 4.79 Å². The monoisotopic (exact) mass is 325 g/mol. The summed E-state index contributed by atoms with van der Waals surface area (Å²) in [5.74, 6) is 0. The highest BCUT2D eigenvalue weighted by Crippen LogP contribution is 2.15. The van der Waals surface area contributed by atoms with E-state index in [4.69, 9.17) is 16.7 Å². The Labute approximate surface area is 136 Å². The Balaban J connectivity index is 1.71. The number of carbonyl (C=O) groups excluding carboxylic acids is 1. The molecule has 5 nitrogen and oxygen atoms in total. The first kappa shape index (κ1) is 17.1. The molecule has 1 atom stereocenters. The second kappa shape index (κ2) is 8.36. The zero-order valence-electron chi connectivity index (χ0n) is 12.9. The van der Waals surface area contributed by atoms with Gasteiger partial charge in [0.15, 0.2) is 0 Å². The predicted octanol–water partition coefficient (Wildman–Crippen LogP) is 1.98. The average Bonchev–Trinajstić information content (AvgIpc) is 2.51. The van der Waals surface area contributed by atoms with Crippen LogP contribution >= 0.6 is 11.6 Å². The zero-order valence-corrected chi connectivity index (χ0v) is 13.6. The minimum atomic E-state index is -0.218. The topological polar surface area (TPSA) is 64.6 Å². The van der Waals surface area contributed by atoms with Crippen molar-refractivity contribution in [3.8, 4) is 0 Å². The summed E-state index contributed by atoms with van der Waals surface area (Å²) in [5, 5.41) is 15.4. The number of aliphatic hydroxyl groups is 1. The van der Waals surface area contributed by atoms with Crippen LogP contribution in [0.5, 0.6) is 0 Å². The van der Waals surface area contributed by atoms with Gasteiger partial charge in [-0.1, -0.05) is 23.7 Å². The quantitative estimate of drug-likeness (QED) is 0.775. The van der Waals surface area contributed by atoms with Gasteiger partial charge in [-0.05, 0) is 37.5 Å². The van der Waals surface area contributed by atoms with Gasteiger partial charge in [-0.25, -0.2) is 4.79 Å². The molecule has 1 fully saturated rings. The van der Waals surface area contributed by atoms with Crippen LogP contribution in [0.2, 0.25) is 5.02 Å². The van der Waals surface area contributed by atoms with Gasteiger partial charge in [0.2, 0.25) is 0 Å². The summed E-state index contributed by atoms with van der Waals surface area (Å²) in [6, 6.07) is 7.72. The van der Waals surface area contributed by atoms with Crippen LogP contribution in [0.1, 0.15) is 25.3 Å². The highest BCUT2D eigenvalue weighted by atomic mass is 35.5. The van der Waals surface area contributed by atoms with Gasteiger partial charge in [0, 0.05) is 30.7 Å². The Kier molecular flexibility index (Phi) is 6.49. The van der Waals surface area contributed by atoms with E-state index in [0.29, 0.717) is 0 Å². The van der Waals surface area contributed by atoms with Crippen molar-refractivity contribution in [2.24, 2.45) is 0 Å². The Morgan fingerprint density at radius 2 is 2.00 bits per heavy atom. The SMILES string of the molecule is C[C@@H](CO)NC(=O)NC1CCN(Cc2ccc(Cl)cc2)CC1. The molecule has 0 radical (unpaired) electrons. The lowest BCUT2D eigenvalue weighted by atomic mass is 10.0. The van der Waals surface area contributed by atoms with Crippen molar-refractivity contribution in [2.75, 3.05) is 19.7 Å². The molecule has 3 N–H and O–H groups in total. The second-order valence-corrected chi connectivity index (χ2v) is 6.31. The fourth-order valence-electron chi connectivity index (χ4n) is 2.58. The van der Waals surface area contributed by atoms with Gasteiger partial charge in [0.25, 0.3) is 0 Å². The van der Waals surface area contributed by atoms with E-state index in [1.54, 1.807) is 6.92 Å². The van der Waals surface area contributed by atoms with Crippen molar-refractivity contribution in [2.45, 2.75) is 38.4 Å². The molecule has 2 amide bonds. The van der Waals surface area contributed by atoms with Crippen LogP contribution in [0.3, 0.4) is 0 Å². The van der Waals surface area contributed by atoms with Gasteiger partial charge < -0.3 is 15.7 Å². The summed E-state index contributed by atoms with van der Waals surface area (Å²) < 4.78 is 0. The number of aliphatic hydroxyl groups excluding tert-OH is 1. The fourth-order valence-corrected chi connectivity index (χ4v) is 2.71. The number of urea groups is 1. The molecule has 0 spiro atoms. The molecule has 1 aromatic carbocycles. The summed E-state index contributed by atoms with van der Waals surface area (Å²) in [6.07, 6.45) is 1.88. The lowest BCUT2D eigenvalue weighted by Crippen LogP contribution is -2.50. The summed E-state index contributed by atoms with van der Waals surface area (Å²) in [5.41, 5.74) is 1.25. The van der Waals surface area contributed by atoms with E-state index in [2.05, 4.69) is 27.7 Å². The van der Waals surface area contributed by atoms with Crippen LogP contribution in [-0.2, 0) is 6.54 Å². The minimum Gasteiger partial charge on any atom is -0.394 e. The van der Waals surface area contributed by atoms with Gasteiger partial charge in [0.1, 0.15) is 0 Å². The molecule has 1 heterocycles. The average molecular weight is 326 g/mol. The number of rotatable bonds is 5. The van der Waals surface area contributed by atoms with Crippen LogP contribution in [0.25, 0.3) is 0 Å². The molecule has 1 aliphatic rings. The van der Waals surface area contributed by atoms with Crippen molar-refractivity contribution in [1.82, 2.24) is 15.5 Å². The molecule has 1 aromatic rings. The first-order chi connectivity index (χ1) is 10.6. The first-order valence-electron chi connectivity index (χ1n) is 7.71. The third-order valence-electron chi connectivity index (χ3n) is 3.89. The molecule has 2 rings (SSSR count). The number of hydrogen-bond donors (Lipinski definition) is 3. The number of piperidine rings is 1. The van der Waals surface area contributed by atoms with Crippen molar-refractivity contribution in [1.29, 1.82) is 0 Å². The number of benzene rings is 1. The third kappa shape index (κ3) is 5.48. The molecule has 6 heteroatoms. The number of nitrogens with one attached hydrogen (secondary N) is 2. The molecular weight excluding hydrogens is 302 g/mol. The number of halogens is 1. The lowest BCUT2D eigenvalue weighted by molar-refractivity contribution is 0.183. The van der Waals surface area contributed by atoms with E-state index in [-0.39, 0.29) is 24.7 Å². The Hall–Kier alpha value is -1.30. The summed E-state index contributed by atoms with van der Waals surface area (Å²) in [4.78, 5) is 14.1. The van der Waals surface area contributed by atoms with E-state index in [0.717, 1.165) is 37.5 Å². The van der Waals surface area contributed by atoms with Gasteiger partial charge in [-0.15, -0.1) is 0 Å². The van der Waals surface area contributed by atoms with Gasteiger partial charge >= 0.3 is 6.03 Å². The number of carbonyl (C=O) groups is 1. The van der Waals surface area contributed by atoms with Crippen LogP contribution in [0.15, 0.2) is 24.3 Å². The van der Waals surface area contributed by atoms with E-state index in [1.807, 2.05) is 12.1 Å². The molecule has 1 aliphatic heterocycles. The molecule has 0 saturated carbocycles. The number of hydrogen-bond acceptors (Lipinski definition) is 3. The minimum absolute atomic E-state index is 0.0487. The highest BCUT2D eigenvalue weighted by Gasteiger charge is 2.21.